The first-order chi connectivity index (χ1) is 12.6. The summed E-state index contributed by atoms with van der Waals surface area (Å²) in [6.45, 7) is 6.40. The van der Waals surface area contributed by atoms with Crippen LogP contribution in [0.2, 0.25) is 0 Å². The summed E-state index contributed by atoms with van der Waals surface area (Å²) in [7, 11) is 2.01. The molecule has 7 heteroatoms. The molecule has 26 heavy (non-hydrogen) atoms. The van der Waals surface area contributed by atoms with Crippen molar-refractivity contribution in [2.24, 2.45) is 13.0 Å². The number of aryl methyl sites for hydroxylation is 2. The van der Waals surface area contributed by atoms with E-state index >= 15 is 0 Å². The van der Waals surface area contributed by atoms with Gasteiger partial charge in [0.05, 0.1) is 25.2 Å². The zero-order chi connectivity index (χ0) is 18.1. The fourth-order valence-corrected chi connectivity index (χ4v) is 4.15. The molecular weight excluding hydrogens is 330 g/mol. The zero-order valence-corrected chi connectivity index (χ0v) is 15.6. The average Bonchev–Trinajstić information content (AvgIpc) is 3.03. The Morgan fingerprint density at radius 2 is 2.04 bits per heavy atom. The maximum absolute atomic E-state index is 12.2. The van der Waals surface area contributed by atoms with E-state index in [0.29, 0.717) is 11.5 Å². The van der Waals surface area contributed by atoms with Crippen molar-refractivity contribution in [1.29, 1.82) is 0 Å². The lowest BCUT2D eigenvalue weighted by atomic mass is 9.95. The minimum Gasteiger partial charge on any atom is -0.372 e. The Labute approximate surface area is 153 Å². The van der Waals surface area contributed by atoms with Crippen molar-refractivity contribution in [2.45, 2.75) is 38.8 Å². The predicted octanol–water partition coefficient (Wildman–Crippen LogP) is 1.31. The molecule has 4 rings (SSSR count). The summed E-state index contributed by atoms with van der Waals surface area (Å²) in [5.74, 6) is 0.536. The van der Waals surface area contributed by atoms with Crippen molar-refractivity contribution in [2.75, 3.05) is 26.2 Å². The molecule has 1 atom stereocenters. The van der Waals surface area contributed by atoms with Crippen molar-refractivity contribution in [1.82, 2.24) is 24.2 Å². The van der Waals surface area contributed by atoms with Crippen molar-refractivity contribution < 1.29 is 4.74 Å². The van der Waals surface area contributed by atoms with Crippen LogP contribution in [0.15, 0.2) is 23.5 Å². The van der Waals surface area contributed by atoms with E-state index < -0.39 is 0 Å². The van der Waals surface area contributed by atoms with Gasteiger partial charge in [-0.25, -0.2) is 4.98 Å². The molecule has 2 aromatic heterocycles. The van der Waals surface area contributed by atoms with Crippen LogP contribution < -0.4 is 5.56 Å². The molecule has 1 fully saturated rings. The fourth-order valence-electron chi connectivity index (χ4n) is 4.15. The van der Waals surface area contributed by atoms with Crippen LogP contribution in [0.4, 0.5) is 0 Å². The number of rotatable bonds is 4. The van der Waals surface area contributed by atoms with Crippen molar-refractivity contribution in [3.05, 3.63) is 45.9 Å². The molecule has 0 amide bonds. The van der Waals surface area contributed by atoms with Crippen LogP contribution in [-0.2, 0) is 24.8 Å². The summed E-state index contributed by atoms with van der Waals surface area (Å²) >= 11 is 0. The predicted molar refractivity (Wildman–Crippen MR) is 98.0 cm³/mol. The quantitative estimate of drug-likeness (QED) is 0.826. The van der Waals surface area contributed by atoms with Gasteiger partial charge in [-0.1, -0.05) is 0 Å². The summed E-state index contributed by atoms with van der Waals surface area (Å²) in [4.78, 5) is 18.8. The largest absolute Gasteiger partial charge is 0.372 e. The summed E-state index contributed by atoms with van der Waals surface area (Å²) in [5, 5.41) is 4.40. The summed E-state index contributed by atoms with van der Waals surface area (Å²) in [5.41, 5.74) is 3.36. The number of ether oxygens (including phenoxy) is 1. The monoisotopic (exact) mass is 357 g/mol. The molecule has 0 N–H and O–H groups in total. The lowest BCUT2D eigenvalue weighted by molar-refractivity contribution is 0.00714. The van der Waals surface area contributed by atoms with E-state index in [-0.39, 0.29) is 11.7 Å². The fraction of sp³-hybridized carbons (Fsp3) is 0.632. The number of hydrogen-bond acceptors (Lipinski definition) is 5. The average molecular weight is 357 g/mol. The minimum atomic E-state index is 0.0853. The van der Waals surface area contributed by atoms with Crippen molar-refractivity contribution >= 4 is 0 Å². The molecule has 4 heterocycles. The van der Waals surface area contributed by atoms with Gasteiger partial charge >= 0.3 is 0 Å². The first-order valence-corrected chi connectivity index (χ1v) is 9.47. The van der Waals surface area contributed by atoms with Crippen LogP contribution in [0.1, 0.15) is 35.8 Å². The van der Waals surface area contributed by atoms with Crippen LogP contribution in [0, 0.1) is 12.8 Å². The number of aromatic nitrogens is 4. The van der Waals surface area contributed by atoms with Crippen LogP contribution in [0.3, 0.4) is 0 Å². The van der Waals surface area contributed by atoms with E-state index in [9.17, 15) is 4.79 Å². The van der Waals surface area contributed by atoms with Crippen molar-refractivity contribution in [3.8, 4) is 0 Å². The number of nitrogens with zero attached hydrogens (tertiary/aromatic N) is 5. The molecule has 1 saturated heterocycles. The number of piperidine rings is 1. The van der Waals surface area contributed by atoms with E-state index in [0.717, 1.165) is 52.0 Å². The molecule has 2 aromatic rings. The molecule has 0 aliphatic carbocycles. The molecule has 0 saturated carbocycles. The van der Waals surface area contributed by atoms with Gasteiger partial charge in [0.1, 0.15) is 0 Å². The topological polar surface area (TPSA) is 65.2 Å². The Balaban J connectivity index is 1.33. The highest BCUT2D eigenvalue weighted by atomic mass is 16.5. The lowest BCUT2D eigenvalue weighted by Crippen LogP contribution is -2.39. The van der Waals surface area contributed by atoms with Gasteiger partial charge in [0.2, 0.25) is 0 Å². The highest BCUT2D eigenvalue weighted by molar-refractivity contribution is 5.23. The van der Waals surface area contributed by atoms with Gasteiger partial charge in [0, 0.05) is 49.6 Å². The maximum atomic E-state index is 12.2. The first kappa shape index (κ1) is 17.4. The lowest BCUT2D eigenvalue weighted by Gasteiger charge is -2.35. The third-order valence-corrected chi connectivity index (χ3v) is 5.76. The van der Waals surface area contributed by atoms with Crippen LogP contribution in [0.25, 0.3) is 0 Å². The molecule has 2 aliphatic rings. The Kier molecular flexibility index (Phi) is 4.91. The highest BCUT2D eigenvalue weighted by Gasteiger charge is 2.28. The Morgan fingerprint density at radius 3 is 2.85 bits per heavy atom. The minimum absolute atomic E-state index is 0.0853. The molecule has 7 nitrogen and oxygen atoms in total. The van der Waals surface area contributed by atoms with E-state index in [2.05, 4.69) is 15.0 Å². The van der Waals surface area contributed by atoms with E-state index in [1.807, 2.05) is 24.9 Å². The third-order valence-electron chi connectivity index (χ3n) is 5.76. The summed E-state index contributed by atoms with van der Waals surface area (Å²) in [6, 6.07) is 0. The van der Waals surface area contributed by atoms with Gasteiger partial charge in [0.25, 0.3) is 5.56 Å². The van der Waals surface area contributed by atoms with Gasteiger partial charge < -0.3 is 9.64 Å². The third kappa shape index (κ3) is 3.46. The Hall–Kier alpha value is -1.99. The second-order valence-electron chi connectivity index (χ2n) is 7.56. The molecule has 140 valence electrons. The van der Waals surface area contributed by atoms with E-state index in [4.69, 9.17) is 4.74 Å². The van der Waals surface area contributed by atoms with Crippen LogP contribution in [-0.4, -0.2) is 50.5 Å². The smallest absolute Gasteiger partial charge is 0.256 e. The number of fused-ring (bicyclic) bond motifs is 1. The maximum Gasteiger partial charge on any atom is 0.256 e. The van der Waals surface area contributed by atoms with Crippen LogP contribution in [0.5, 0.6) is 0 Å². The van der Waals surface area contributed by atoms with Gasteiger partial charge in [0.15, 0.2) is 0 Å². The molecule has 2 aliphatic heterocycles. The first-order valence-electron chi connectivity index (χ1n) is 9.47. The highest BCUT2D eigenvalue weighted by Crippen LogP contribution is 2.29. The molecule has 0 aromatic carbocycles. The van der Waals surface area contributed by atoms with Gasteiger partial charge in [-0.05, 0) is 38.8 Å². The second-order valence-corrected chi connectivity index (χ2v) is 7.56. The number of hydrogen-bond donors (Lipinski definition) is 0. The summed E-state index contributed by atoms with van der Waals surface area (Å²) < 4.78 is 9.77. The van der Waals surface area contributed by atoms with Crippen LogP contribution >= 0.6 is 0 Å². The molecular formula is C19H27N5O2. The van der Waals surface area contributed by atoms with Gasteiger partial charge in [-0.3, -0.25) is 14.0 Å². The van der Waals surface area contributed by atoms with Crippen molar-refractivity contribution in [3.63, 3.8) is 0 Å². The van der Waals surface area contributed by atoms with E-state index in [1.165, 1.54) is 11.3 Å². The Bertz CT molecular complexity index is 820. The standard InChI is InChI=1S/C19H27N5O2/c1-14-9-20-13-24(19(14)25)11-15-3-6-23(7-4-15)12-18-16-10-21-22(2)17(16)5-8-26-18/h9-10,13,15,18H,3-8,11-12H2,1-2H3. The number of likely N-dealkylation sites (tertiary alicyclic amines) is 1. The molecule has 1 unspecified atom stereocenters. The van der Waals surface area contributed by atoms with E-state index in [1.54, 1.807) is 17.1 Å². The van der Waals surface area contributed by atoms with Gasteiger partial charge in [-0.2, -0.15) is 5.10 Å². The van der Waals surface area contributed by atoms with Gasteiger partial charge in [-0.15, -0.1) is 0 Å². The molecule has 0 bridgehead atoms. The zero-order valence-electron chi connectivity index (χ0n) is 15.6. The Morgan fingerprint density at radius 1 is 1.23 bits per heavy atom. The summed E-state index contributed by atoms with van der Waals surface area (Å²) in [6.07, 6.45) is 8.56. The second kappa shape index (κ2) is 7.32. The molecule has 0 spiro atoms. The SMILES string of the molecule is Cc1cncn(CC2CCN(CC3OCCc4c3cnn4C)CC2)c1=O. The molecule has 0 radical (unpaired) electrons. The normalized spacial score (nSPS) is 21.7.